The number of hydrogen-bond donors (Lipinski definition) is 0. The Hall–Kier alpha value is -0.260. The van der Waals surface area contributed by atoms with Crippen LogP contribution >= 0.6 is 0 Å². The second-order valence-electron chi connectivity index (χ2n) is 12.0. The molecule has 0 aliphatic heterocycles. The lowest BCUT2D eigenvalue weighted by Crippen LogP contribution is -2.47. The number of allylic oxidation sites excluding steroid dienone is 2. The predicted molar refractivity (Wildman–Crippen MR) is 118 cm³/mol. The maximum Gasteiger partial charge on any atom is -0.00853 e. The molecule has 4 aliphatic carbocycles. The van der Waals surface area contributed by atoms with Crippen molar-refractivity contribution in [2.45, 2.75) is 112 Å². The Morgan fingerprint density at radius 2 is 1.78 bits per heavy atom. The summed E-state index contributed by atoms with van der Waals surface area (Å²) in [6, 6.07) is 0. The largest absolute Gasteiger partial charge is 0.0839 e. The maximum atomic E-state index is 2.82. The summed E-state index contributed by atoms with van der Waals surface area (Å²) in [5.41, 5.74) is 3.13. The fraction of sp³-hybridized carbons (Fsp3) is 0.926. The van der Waals surface area contributed by atoms with Crippen molar-refractivity contribution in [3.05, 3.63) is 11.6 Å². The minimum atomic E-state index is 0.573. The first-order valence-electron chi connectivity index (χ1n) is 12.6. The lowest BCUT2D eigenvalue weighted by molar-refractivity contribution is 0.0195. The van der Waals surface area contributed by atoms with Crippen LogP contribution in [0.4, 0.5) is 0 Å². The van der Waals surface area contributed by atoms with Gasteiger partial charge in [0, 0.05) is 0 Å². The molecule has 0 heteroatoms. The molecule has 1 unspecified atom stereocenters. The van der Waals surface area contributed by atoms with Gasteiger partial charge in [-0.3, -0.25) is 0 Å². The molecule has 154 valence electrons. The molecule has 0 amide bonds. The van der Waals surface area contributed by atoms with Crippen molar-refractivity contribution >= 4 is 0 Å². The SMILES string of the molecule is CC(C)CCC[C@@H](C)[C@H]1CC[C@H]2[C@@H]3CCC4CCCC[C@]4(C)C3=CC[C@]12C. The van der Waals surface area contributed by atoms with Gasteiger partial charge in [0.1, 0.15) is 0 Å². The van der Waals surface area contributed by atoms with E-state index in [9.17, 15) is 0 Å². The normalized spacial score (nSPS) is 45.0. The van der Waals surface area contributed by atoms with Crippen molar-refractivity contribution in [3.8, 4) is 0 Å². The van der Waals surface area contributed by atoms with E-state index < -0.39 is 0 Å². The Morgan fingerprint density at radius 3 is 2.56 bits per heavy atom. The minimum absolute atomic E-state index is 0.573. The standard InChI is InChI=1S/C27H46/c1-19(2)9-8-10-20(3)23-14-15-24-22-13-12-21-11-6-7-17-26(21,4)25(22)16-18-27(23,24)5/h16,19-24H,6-15,17-18H2,1-5H3/t20-,21?,22+,23-,24+,26+,27-/m1/s1. The van der Waals surface area contributed by atoms with Crippen LogP contribution in [0.3, 0.4) is 0 Å². The first kappa shape index (κ1) is 20.0. The summed E-state index contributed by atoms with van der Waals surface area (Å²) in [6.07, 6.45) is 20.6. The summed E-state index contributed by atoms with van der Waals surface area (Å²) in [5.74, 6) is 5.71. The fourth-order valence-electron chi connectivity index (χ4n) is 8.58. The highest BCUT2D eigenvalue weighted by Crippen LogP contribution is 2.66. The van der Waals surface area contributed by atoms with Gasteiger partial charge >= 0.3 is 0 Å². The summed E-state index contributed by atoms with van der Waals surface area (Å²) in [6.45, 7) is 12.7. The lowest BCUT2D eigenvalue weighted by Gasteiger charge is -2.56. The molecule has 0 aromatic carbocycles. The average molecular weight is 371 g/mol. The summed E-state index contributed by atoms with van der Waals surface area (Å²) in [5, 5.41) is 0. The molecule has 0 N–H and O–H groups in total. The first-order chi connectivity index (χ1) is 12.9. The van der Waals surface area contributed by atoms with Crippen molar-refractivity contribution in [1.29, 1.82) is 0 Å². The van der Waals surface area contributed by atoms with Gasteiger partial charge in [-0.05, 0) is 91.3 Å². The van der Waals surface area contributed by atoms with Crippen LogP contribution in [0.25, 0.3) is 0 Å². The molecule has 0 saturated heterocycles. The molecule has 3 fully saturated rings. The van der Waals surface area contributed by atoms with Gasteiger partial charge < -0.3 is 0 Å². The highest BCUT2D eigenvalue weighted by molar-refractivity contribution is 5.28. The van der Waals surface area contributed by atoms with E-state index in [0.29, 0.717) is 10.8 Å². The van der Waals surface area contributed by atoms with Gasteiger partial charge in [-0.25, -0.2) is 0 Å². The van der Waals surface area contributed by atoms with Crippen molar-refractivity contribution in [2.75, 3.05) is 0 Å². The monoisotopic (exact) mass is 370 g/mol. The van der Waals surface area contributed by atoms with E-state index in [1.807, 2.05) is 5.57 Å². The maximum absolute atomic E-state index is 2.82. The van der Waals surface area contributed by atoms with E-state index in [4.69, 9.17) is 0 Å². The van der Waals surface area contributed by atoms with Gasteiger partial charge in [-0.1, -0.05) is 78.4 Å². The third kappa shape index (κ3) is 3.36. The second-order valence-corrected chi connectivity index (χ2v) is 12.0. The van der Waals surface area contributed by atoms with Gasteiger partial charge in [0.05, 0.1) is 0 Å². The van der Waals surface area contributed by atoms with Crippen LogP contribution in [0.15, 0.2) is 11.6 Å². The summed E-state index contributed by atoms with van der Waals surface area (Å²) < 4.78 is 0. The third-order valence-corrected chi connectivity index (χ3v) is 10.1. The summed E-state index contributed by atoms with van der Waals surface area (Å²) >= 11 is 0. The smallest absolute Gasteiger partial charge is 0.00853 e. The van der Waals surface area contributed by atoms with Gasteiger partial charge in [0.15, 0.2) is 0 Å². The second kappa shape index (κ2) is 7.53. The summed E-state index contributed by atoms with van der Waals surface area (Å²) in [7, 11) is 0. The van der Waals surface area contributed by atoms with Crippen molar-refractivity contribution < 1.29 is 0 Å². The quantitative estimate of drug-likeness (QED) is 0.426. The summed E-state index contributed by atoms with van der Waals surface area (Å²) in [4.78, 5) is 0. The van der Waals surface area contributed by atoms with E-state index in [-0.39, 0.29) is 0 Å². The van der Waals surface area contributed by atoms with Crippen molar-refractivity contribution in [2.24, 2.45) is 46.3 Å². The van der Waals surface area contributed by atoms with Crippen LogP contribution in [0, 0.1) is 46.3 Å². The number of fused-ring (bicyclic) bond motifs is 5. The highest BCUT2D eigenvalue weighted by Gasteiger charge is 2.57. The topological polar surface area (TPSA) is 0 Å². The van der Waals surface area contributed by atoms with E-state index >= 15 is 0 Å². The molecule has 0 aromatic heterocycles. The molecule has 0 aromatic rings. The zero-order chi connectivity index (χ0) is 19.2. The van der Waals surface area contributed by atoms with Crippen LogP contribution < -0.4 is 0 Å². The Bertz CT molecular complexity index is 556. The van der Waals surface area contributed by atoms with Gasteiger partial charge in [-0.15, -0.1) is 0 Å². The van der Waals surface area contributed by atoms with E-state index in [0.717, 1.165) is 35.5 Å². The molecule has 4 aliphatic rings. The van der Waals surface area contributed by atoms with Crippen LogP contribution in [-0.4, -0.2) is 0 Å². The Kier molecular flexibility index (Phi) is 5.59. The molecule has 27 heavy (non-hydrogen) atoms. The molecule has 0 bridgehead atoms. The van der Waals surface area contributed by atoms with Crippen LogP contribution in [0.1, 0.15) is 112 Å². The fourth-order valence-corrected chi connectivity index (χ4v) is 8.58. The van der Waals surface area contributed by atoms with E-state index in [1.165, 1.54) is 77.0 Å². The molecular formula is C27H46. The average Bonchev–Trinajstić information content (AvgIpc) is 2.98. The van der Waals surface area contributed by atoms with Gasteiger partial charge in [0.2, 0.25) is 0 Å². The van der Waals surface area contributed by atoms with Crippen LogP contribution in [-0.2, 0) is 0 Å². The molecule has 7 atom stereocenters. The zero-order valence-electron chi connectivity index (χ0n) is 19.0. The zero-order valence-corrected chi connectivity index (χ0v) is 19.0. The first-order valence-corrected chi connectivity index (χ1v) is 12.6. The molecule has 0 heterocycles. The number of hydrogen-bond acceptors (Lipinski definition) is 0. The number of rotatable bonds is 5. The Morgan fingerprint density at radius 1 is 0.963 bits per heavy atom. The minimum Gasteiger partial charge on any atom is -0.0839 e. The van der Waals surface area contributed by atoms with E-state index in [1.54, 1.807) is 0 Å². The molecule has 4 rings (SSSR count). The van der Waals surface area contributed by atoms with E-state index in [2.05, 4.69) is 40.7 Å². The van der Waals surface area contributed by atoms with Crippen molar-refractivity contribution in [1.82, 2.24) is 0 Å². The Labute approximate surface area is 170 Å². The van der Waals surface area contributed by atoms with Crippen molar-refractivity contribution in [3.63, 3.8) is 0 Å². The molecule has 0 nitrogen and oxygen atoms in total. The Balaban J connectivity index is 1.51. The molecule has 0 radical (unpaired) electrons. The lowest BCUT2D eigenvalue weighted by atomic mass is 9.48. The highest BCUT2D eigenvalue weighted by atomic mass is 14.6. The van der Waals surface area contributed by atoms with Crippen LogP contribution in [0.2, 0.25) is 0 Å². The van der Waals surface area contributed by atoms with Crippen LogP contribution in [0.5, 0.6) is 0 Å². The predicted octanol–water partition coefficient (Wildman–Crippen LogP) is 8.42. The molecule has 0 spiro atoms. The molecular weight excluding hydrogens is 324 g/mol. The third-order valence-electron chi connectivity index (χ3n) is 10.1. The van der Waals surface area contributed by atoms with Gasteiger partial charge in [-0.2, -0.15) is 0 Å². The van der Waals surface area contributed by atoms with Gasteiger partial charge in [0.25, 0.3) is 0 Å². The molecule has 3 saturated carbocycles.